The Balaban J connectivity index is 2.73. The number of rotatable bonds is 5. The van der Waals surface area contributed by atoms with Gasteiger partial charge in [0.1, 0.15) is 5.60 Å². The van der Waals surface area contributed by atoms with Gasteiger partial charge in [0.05, 0.1) is 18.6 Å². The van der Waals surface area contributed by atoms with Crippen LogP contribution in [0.15, 0.2) is 24.3 Å². The van der Waals surface area contributed by atoms with E-state index in [0.29, 0.717) is 12.0 Å². The Kier molecular flexibility index (Phi) is 5.90. The molecule has 0 aliphatic carbocycles. The fourth-order valence-electron chi connectivity index (χ4n) is 1.83. The van der Waals surface area contributed by atoms with E-state index in [-0.39, 0.29) is 18.5 Å². The van der Waals surface area contributed by atoms with E-state index >= 15 is 0 Å². The van der Waals surface area contributed by atoms with Gasteiger partial charge < -0.3 is 15.2 Å². The maximum Gasteiger partial charge on any atom is 0.337 e. The third-order valence-electron chi connectivity index (χ3n) is 2.88. The van der Waals surface area contributed by atoms with Gasteiger partial charge in [-0.1, -0.05) is 12.1 Å². The van der Waals surface area contributed by atoms with Crippen molar-refractivity contribution in [3.8, 4) is 0 Å². The molecule has 2 N–H and O–H groups in total. The minimum Gasteiger partial charge on any atom is -0.465 e. The summed E-state index contributed by atoms with van der Waals surface area (Å²) in [6.45, 7) is 5.69. The molecule has 0 spiro atoms. The monoisotopic (exact) mass is 293 g/mol. The number of hydrogen-bond donors (Lipinski definition) is 1. The summed E-state index contributed by atoms with van der Waals surface area (Å²) < 4.78 is 9.99. The van der Waals surface area contributed by atoms with Gasteiger partial charge in [-0.3, -0.25) is 4.79 Å². The summed E-state index contributed by atoms with van der Waals surface area (Å²) in [6, 6.07) is 6.92. The molecular weight excluding hydrogens is 270 g/mol. The molecule has 0 amide bonds. The molecule has 0 fully saturated rings. The van der Waals surface area contributed by atoms with Crippen molar-refractivity contribution in [3.05, 3.63) is 35.4 Å². The molecule has 1 unspecified atom stereocenters. The van der Waals surface area contributed by atoms with Crippen LogP contribution in [0.4, 0.5) is 0 Å². The van der Waals surface area contributed by atoms with Crippen molar-refractivity contribution in [3.63, 3.8) is 0 Å². The molecule has 21 heavy (non-hydrogen) atoms. The number of benzene rings is 1. The van der Waals surface area contributed by atoms with E-state index < -0.39 is 11.5 Å². The van der Waals surface area contributed by atoms with E-state index in [4.69, 9.17) is 10.5 Å². The quantitative estimate of drug-likeness (QED) is 0.839. The molecule has 0 saturated heterocycles. The fraction of sp³-hybridized carbons (Fsp3) is 0.500. The van der Waals surface area contributed by atoms with Crippen LogP contribution in [0.1, 0.15) is 36.7 Å². The van der Waals surface area contributed by atoms with Gasteiger partial charge in [-0.2, -0.15) is 0 Å². The predicted octanol–water partition coefficient (Wildman–Crippen LogP) is 1.93. The highest BCUT2D eigenvalue weighted by atomic mass is 16.6. The zero-order valence-corrected chi connectivity index (χ0v) is 13.0. The van der Waals surface area contributed by atoms with Crippen molar-refractivity contribution < 1.29 is 19.1 Å². The zero-order valence-electron chi connectivity index (χ0n) is 13.0. The molecule has 1 atom stereocenters. The molecule has 0 radical (unpaired) electrons. The Morgan fingerprint density at radius 3 is 2.19 bits per heavy atom. The highest BCUT2D eigenvalue weighted by molar-refractivity contribution is 5.89. The molecule has 0 aliphatic heterocycles. The summed E-state index contributed by atoms with van der Waals surface area (Å²) in [5.74, 6) is -1.08. The molecule has 5 nitrogen and oxygen atoms in total. The first-order valence-corrected chi connectivity index (χ1v) is 6.87. The first-order valence-electron chi connectivity index (χ1n) is 6.87. The molecule has 0 heterocycles. The summed E-state index contributed by atoms with van der Waals surface area (Å²) >= 11 is 0. The fourth-order valence-corrected chi connectivity index (χ4v) is 1.83. The largest absolute Gasteiger partial charge is 0.465 e. The lowest BCUT2D eigenvalue weighted by atomic mass is 9.98. The van der Waals surface area contributed by atoms with E-state index in [9.17, 15) is 9.59 Å². The SMILES string of the molecule is COC(=O)c1ccc(CC(CN)C(=O)OC(C)(C)C)cc1. The molecule has 5 heteroatoms. The summed E-state index contributed by atoms with van der Waals surface area (Å²) in [6.07, 6.45) is 0.479. The summed E-state index contributed by atoms with van der Waals surface area (Å²) in [5.41, 5.74) is 6.53. The molecule has 0 aliphatic rings. The van der Waals surface area contributed by atoms with Crippen molar-refractivity contribution >= 4 is 11.9 Å². The zero-order chi connectivity index (χ0) is 16.0. The van der Waals surface area contributed by atoms with E-state index in [0.717, 1.165) is 5.56 Å². The normalized spacial score (nSPS) is 12.6. The minimum absolute atomic E-state index is 0.216. The van der Waals surface area contributed by atoms with Crippen molar-refractivity contribution in [1.82, 2.24) is 0 Å². The van der Waals surface area contributed by atoms with Gasteiger partial charge in [0.2, 0.25) is 0 Å². The van der Waals surface area contributed by atoms with E-state index in [1.54, 1.807) is 24.3 Å². The highest BCUT2D eigenvalue weighted by Gasteiger charge is 2.24. The average Bonchev–Trinajstić information content (AvgIpc) is 2.42. The van der Waals surface area contributed by atoms with Crippen molar-refractivity contribution in [2.45, 2.75) is 32.8 Å². The van der Waals surface area contributed by atoms with E-state index in [1.165, 1.54) is 7.11 Å². The van der Waals surface area contributed by atoms with E-state index in [1.807, 2.05) is 20.8 Å². The Morgan fingerprint density at radius 1 is 1.19 bits per heavy atom. The standard InChI is InChI=1S/C16H23NO4/c1-16(2,3)21-15(19)13(10-17)9-11-5-7-12(8-6-11)14(18)20-4/h5-8,13H,9-10,17H2,1-4H3. The van der Waals surface area contributed by atoms with Crippen molar-refractivity contribution in [2.24, 2.45) is 11.7 Å². The van der Waals surface area contributed by atoms with Crippen LogP contribution in [-0.2, 0) is 20.7 Å². The topological polar surface area (TPSA) is 78.6 Å². The number of hydrogen-bond acceptors (Lipinski definition) is 5. The molecule has 1 rings (SSSR count). The summed E-state index contributed by atoms with van der Waals surface area (Å²) in [4.78, 5) is 23.4. The van der Waals surface area contributed by atoms with Gasteiger partial charge in [0, 0.05) is 6.54 Å². The van der Waals surface area contributed by atoms with Crippen LogP contribution in [-0.4, -0.2) is 31.2 Å². The van der Waals surface area contributed by atoms with Gasteiger partial charge in [-0.25, -0.2) is 4.79 Å². The Morgan fingerprint density at radius 2 is 1.76 bits per heavy atom. The van der Waals surface area contributed by atoms with Crippen LogP contribution in [0, 0.1) is 5.92 Å². The molecule has 0 bridgehead atoms. The van der Waals surface area contributed by atoms with Crippen LogP contribution < -0.4 is 5.73 Å². The second-order valence-electron chi connectivity index (χ2n) is 5.86. The number of methoxy groups -OCH3 is 1. The maximum absolute atomic E-state index is 12.0. The van der Waals surface area contributed by atoms with Crippen molar-refractivity contribution in [2.75, 3.05) is 13.7 Å². The van der Waals surface area contributed by atoms with Crippen LogP contribution in [0.25, 0.3) is 0 Å². The second-order valence-corrected chi connectivity index (χ2v) is 5.86. The average molecular weight is 293 g/mol. The number of ether oxygens (including phenoxy) is 2. The Labute approximate surface area is 125 Å². The van der Waals surface area contributed by atoms with E-state index in [2.05, 4.69) is 4.74 Å². The van der Waals surface area contributed by atoms with Gasteiger partial charge >= 0.3 is 11.9 Å². The third kappa shape index (κ3) is 5.55. The molecule has 1 aromatic carbocycles. The van der Waals surface area contributed by atoms with Crippen LogP contribution in [0.5, 0.6) is 0 Å². The predicted molar refractivity (Wildman–Crippen MR) is 79.9 cm³/mol. The third-order valence-corrected chi connectivity index (χ3v) is 2.88. The smallest absolute Gasteiger partial charge is 0.337 e. The minimum atomic E-state index is -0.529. The lowest BCUT2D eigenvalue weighted by Gasteiger charge is -2.23. The number of carbonyl (C=O) groups excluding carboxylic acids is 2. The second kappa shape index (κ2) is 7.22. The first-order chi connectivity index (χ1) is 9.76. The Hall–Kier alpha value is -1.88. The number of nitrogens with two attached hydrogens (primary N) is 1. The van der Waals surface area contributed by atoms with Gasteiger partial charge in [-0.05, 0) is 44.9 Å². The lowest BCUT2D eigenvalue weighted by molar-refractivity contribution is -0.159. The van der Waals surface area contributed by atoms with Gasteiger partial charge in [0.15, 0.2) is 0 Å². The number of esters is 2. The molecule has 116 valence electrons. The summed E-state index contributed by atoms with van der Waals surface area (Å²) in [7, 11) is 1.34. The maximum atomic E-state index is 12.0. The molecule has 0 saturated carbocycles. The Bertz CT molecular complexity index is 488. The molecular formula is C16H23NO4. The van der Waals surface area contributed by atoms with Crippen molar-refractivity contribution in [1.29, 1.82) is 0 Å². The molecule has 1 aromatic rings. The van der Waals surface area contributed by atoms with Crippen LogP contribution in [0.2, 0.25) is 0 Å². The first kappa shape index (κ1) is 17.2. The van der Waals surface area contributed by atoms with Crippen LogP contribution in [0.3, 0.4) is 0 Å². The van der Waals surface area contributed by atoms with Gasteiger partial charge in [-0.15, -0.1) is 0 Å². The van der Waals surface area contributed by atoms with Crippen LogP contribution >= 0.6 is 0 Å². The van der Waals surface area contributed by atoms with Gasteiger partial charge in [0.25, 0.3) is 0 Å². The lowest BCUT2D eigenvalue weighted by Crippen LogP contribution is -2.33. The molecule has 0 aromatic heterocycles. The number of carbonyl (C=O) groups is 2. The highest BCUT2D eigenvalue weighted by Crippen LogP contribution is 2.15. The summed E-state index contributed by atoms with van der Waals surface area (Å²) in [5, 5.41) is 0.